The van der Waals surface area contributed by atoms with Gasteiger partial charge in [0.25, 0.3) is 5.91 Å². The smallest absolute Gasteiger partial charge is 0.475 e. The Morgan fingerprint density at radius 1 is 1.38 bits per heavy atom. The number of nitrogen functional groups attached to an aromatic ring is 1. The highest BCUT2D eigenvalue weighted by Crippen LogP contribution is 2.38. The zero-order valence-corrected chi connectivity index (χ0v) is 21.9. The molecule has 0 aromatic carbocycles. The molecule has 2 unspecified atom stereocenters. The Bertz CT molecular complexity index is 1650. The molecule has 1 amide bonds. The second kappa shape index (κ2) is 10.5. The fourth-order valence-electron chi connectivity index (χ4n) is 4.41. The minimum Gasteiger partial charge on any atom is -0.475 e. The molecule has 1 aliphatic heterocycles. The molecule has 210 valence electrons. The van der Waals surface area contributed by atoms with Crippen molar-refractivity contribution in [2.45, 2.75) is 32.5 Å². The lowest BCUT2D eigenvalue weighted by Gasteiger charge is -2.27. The number of imidazole rings is 1. The number of halogens is 4. The average molecular weight is 578 g/mol. The number of anilines is 2. The number of carboxylic acids is 1. The normalized spacial score (nSPS) is 17.8. The van der Waals surface area contributed by atoms with Gasteiger partial charge < -0.3 is 21.1 Å². The molecule has 0 bridgehead atoms. The third kappa shape index (κ3) is 5.43. The van der Waals surface area contributed by atoms with E-state index in [0.29, 0.717) is 23.8 Å². The minimum absolute atomic E-state index is 0.103. The first-order valence-electron chi connectivity index (χ1n) is 11.8. The van der Waals surface area contributed by atoms with Crippen LogP contribution in [0.1, 0.15) is 42.2 Å². The topological polar surface area (TPSA) is 167 Å². The van der Waals surface area contributed by atoms with Crippen molar-refractivity contribution in [1.29, 1.82) is 5.26 Å². The van der Waals surface area contributed by atoms with Crippen LogP contribution in [0.2, 0.25) is 5.02 Å². The average Bonchev–Trinajstić information content (AvgIpc) is 3.60. The number of fused-ring (bicyclic) bond motifs is 2. The van der Waals surface area contributed by atoms with Crippen molar-refractivity contribution < 1.29 is 27.9 Å². The summed E-state index contributed by atoms with van der Waals surface area (Å²) in [7, 11) is 0. The van der Waals surface area contributed by atoms with Gasteiger partial charge in [0.2, 0.25) is 0 Å². The molecule has 16 heteroatoms. The summed E-state index contributed by atoms with van der Waals surface area (Å²) in [5.74, 6) is -2.19. The monoisotopic (exact) mass is 577 g/mol. The van der Waals surface area contributed by atoms with E-state index in [9.17, 15) is 23.2 Å². The first-order chi connectivity index (χ1) is 18.8. The van der Waals surface area contributed by atoms with Gasteiger partial charge in [-0.3, -0.25) is 9.20 Å². The second-order valence-corrected chi connectivity index (χ2v) is 9.82. The summed E-state index contributed by atoms with van der Waals surface area (Å²) in [6, 6.07) is 5.55. The van der Waals surface area contributed by atoms with Gasteiger partial charge >= 0.3 is 12.1 Å². The van der Waals surface area contributed by atoms with Gasteiger partial charge in [-0.15, -0.1) is 5.10 Å². The number of carbonyl (C=O) groups is 2. The van der Waals surface area contributed by atoms with E-state index in [0.717, 1.165) is 23.3 Å². The van der Waals surface area contributed by atoms with Crippen molar-refractivity contribution in [2.75, 3.05) is 23.7 Å². The number of nitrogens with zero attached hydrogens (tertiary/aromatic N) is 7. The Balaban J connectivity index is 0.000000470. The van der Waals surface area contributed by atoms with Gasteiger partial charge in [0.1, 0.15) is 17.7 Å². The minimum atomic E-state index is -5.08. The molecule has 0 spiro atoms. The van der Waals surface area contributed by atoms with Crippen molar-refractivity contribution >= 4 is 46.3 Å². The van der Waals surface area contributed by atoms with Crippen LogP contribution in [0.25, 0.3) is 11.2 Å². The molecular formula is C24H23ClF3N9O3. The second-order valence-electron chi connectivity index (χ2n) is 9.41. The Hall–Kier alpha value is -4.58. The van der Waals surface area contributed by atoms with Gasteiger partial charge in [-0.05, 0) is 32.4 Å². The molecule has 0 radical (unpaired) electrons. The standard InChI is InChI=1S/C22H22ClN9O.C2HF3O2/c1-13(28-20(33)17-18(25)29-32-6-3-5-27-19(17)32)14-8-15(23)16-9-26-12-31(16)21(14)30-7-4-22(2,10-24)11-30;3-2(4,5)1(6)7/h3,5-6,8-9,12-13H,4,7,11H2,1-2H3,(H2,25,29)(H,28,33);(H,6,7). The number of hydrogen-bond donors (Lipinski definition) is 3. The van der Waals surface area contributed by atoms with Crippen molar-refractivity contribution in [3.8, 4) is 6.07 Å². The Kier molecular flexibility index (Phi) is 7.48. The summed E-state index contributed by atoms with van der Waals surface area (Å²) in [6.07, 6.45) is 2.32. The zero-order chi connectivity index (χ0) is 29.4. The number of carbonyl (C=O) groups excluding carboxylic acids is 1. The molecule has 1 aliphatic rings. The first kappa shape index (κ1) is 28.4. The van der Waals surface area contributed by atoms with Crippen LogP contribution in [0, 0.1) is 16.7 Å². The van der Waals surface area contributed by atoms with E-state index in [1.807, 2.05) is 24.3 Å². The number of nitriles is 1. The van der Waals surface area contributed by atoms with Crippen molar-refractivity contribution in [1.82, 2.24) is 29.3 Å². The number of alkyl halides is 3. The Labute approximate surface area is 229 Å². The lowest BCUT2D eigenvalue weighted by atomic mass is 9.92. The molecule has 5 rings (SSSR count). The third-order valence-electron chi connectivity index (χ3n) is 6.40. The van der Waals surface area contributed by atoms with E-state index >= 15 is 0 Å². The van der Waals surface area contributed by atoms with Crippen LogP contribution in [0.15, 0.2) is 37.1 Å². The Morgan fingerprint density at radius 3 is 2.70 bits per heavy atom. The number of nitrogens with two attached hydrogens (primary N) is 1. The van der Waals surface area contributed by atoms with Gasteiger partial charge in [-0.1, -0.05) is 11.6 Å². The predicted molar refractivity (Wildman–Crippen MR) is 138 cm³/mol. The molecule has 2 atom stereocenters. The number of amides is 1. The van der Waals surface area contributed by atoms with E-state index in [1.165, 1.54) is 4.52 Å². The molecule has 40 heavy (non-hydrogen) atoms. The molecule has 4 N–H and O–H groups in total. The van der Waals surface area contributed by atoms with Crippen LogP contribution < -0.4 is 16.0 Å². The number of rotatable bonds is 4. The number of aromatic nitrogens is 5. The first-order valence-corrected chi connectivity index (χ1v) is 12.1. The number of nitrogens with one attached hydrogen (secondary N) is 1. The van der Waals surface area contributed by atoms with Gasteiger partial charge in [0, 0.05) is 31.0 Å². The van der Waals surface area contributed by atoms with E-state index < -0.39 is 23.6 Å². The Morgan fingerprint density at radius 2 is 2.08 bits per heavy atom. The van der Waals surface area contributed by atoms with E-state index in [-0.39, 0.29) is 17.3 Å². The summed E-state index contributed by atoms with van der Waals surface area (Å²) in [4.78, 5) is 32.8. The molecular weight excluding hydrogens is 555 g/mol. The number of hydrogen-bond acceptors (Lipinski definition) is 8. The van der Waals surface area contributed by atoms with Crippen LogP contribution in [0.4, 0.5) is 24.8 Å². The van der Waals surface area contributed by atoms with Crippen molar-refractivity contribution in [3.63, 3.8) is 0 Å². The highest BCUT2D eigenvalue weighted by Gasteiger charge is 2.38. The maximum atomic E-state index is 13.2. The SMILES string of the molecule is CC(NC(=O)c1c(N)nn2cccnc12)c1cc(Cl)c2cncn2c1N1CCC(C)(C#N)C1.O=C(O)C(F)(F)F. The third-order valence-corrected chi connectivity index (χ3v) is 6.70. The summed E-state index contributed by atoms with van der Waals surface area (Å²) in [5, 5.41) is 24.5. The number of carboxylic acid groups (broad SMARTS) is 1. The van der Waals surface area contributed by atoms with Gasteiger partial charge in [0.15, 0.2) is 11.5 Å². The van der Waals surface area contributed by atoms with Crippen molar-refractivity contribution in [3.05, 3.63) is 53.2 Å². The summed E-state index contributed by atoms with van der Waals surface area (Å²) >= 11 is 6.56. The van der Waals surface area contributed by atoms with Crippen LogP contribution in [0.3, 0.4) is 0 Å². The van der Waals surface area contributed by atoms with Crippen LogP contribution in [-0.2, 0) is 4.79 Å². The summed E-state index contributed by atoms with van der Waals surface area (Å²) in [6.45, 7) is 5.11. The largest absolute Gasteiger partial charge is 0.490 e. The van der Waals surface area contributed by atoms with E-state index in [2.05, 4.69) is 31.4 Å². The number of pyridine rings is 1. The molecule has 4 aromatic rings. The van der Waals surface area contributed by atoms with E-state index in [1.54, 1.807) is 31.0 Å². The fraction of sp³-hybridized carbons (Fsp3) is 0.333. The van der Waals surface area contributed by atoms with Gasteiger partial charge in [-0.25, -0.2) is 19.3 Å². The molecule has 0 aliphatic carbocycles. The lowest BCUT2D eigenvalue weighted by molar-refractivity contribution is -0.192. The lowest BCUT2D eigenvalue weighted by Crippen LogP contribution is -2.31. The van der Waals surface area contributed by atoms with Gasteiger partial charge in [-0.2, -0.15) is 18.4 Å². The highest BCUT2D eigenvalue weighted by molar-refractivity contribution is 6.34. The molecule has 5 heterocycles. The predicted octanol–water partition coefficient (Wildman–Crippen LogP) is 3.48. The highest BCUT2D eigenvalue weighted by atomic mass is 35.5. The van der Waals surface area contributed by atoms with Crippen LogP contribution in [-0.4, -0.2) is 60.2 Å². The molecule has 0 saturated carbocycles. The summed E-state index contributed by atoms with van der Waals surface area (Å²) < 4.78 is 35.1. The van der Waals surface area contributed by atoms with Crippen molar-refractivity contribution in [2.24, 2.45) is 5.41 Å². The maximum Gasteiger partial charge on any atom is 0.490 e. The van der Waals surface area contributed by atoms with Crippen LogP contribution >= 0.6 is 11.6 Å². The molecule has 4 aromatic heterocycles. The molecule has 12 nitrogen and oxygen atoms in total. The molecule has 1 saturated heterocycles. The number of aliphatic carboxylic acids is 1. The zero-order valence-electron chi connectivity index (χ0n) is 21.1. The fourth-order valence-corrected chi connectivity index (χ4v) is 4.67. The summed E-state index contributed by atoms with van der Waals surface area (Å²) in [5.41, 5.74) is 7.74. The van der Waals surface area contributed by atoms with Crippen LogP contribution in [0.5, 0.6) is 0 Å². The molecule has 1 fully saturated rings. The maximum absolute atomic E-state index is 13.2. The van der Waals surface area contributed by atoms with Gasteiger partial charge in [0.05, 0.1) is 34.3 Å². The van der Waals surface area contributed by atoms with E-state index in [4.69, 9.17) is 27.2 Å². The quantitative estimate of drug-likeness (QED) is 0.329.